The molecule has 0 aromatic carbocycles. The summed E-state index contributed by atoms with van der Waals surface area (Å²) in [5.41, 5.74) is 3.38. The minimum atomic E-state index is 0.0629. The van der Waals surface area contributed by atoms with Gasteiger partial charge in [-0.25, -0.2) is 9.50 Å². The van der Waals surface area contributed by atoms with E-state index in [9.17, 15) is 0 Å². The highest BCUT2D eigenvalue weighted by Crippen LogP contribution is 2.30. The first kappa shape index (κ1) is 11.1. The first-order valence-electron chi connectivity index (χ1n) is 5.75. The summed E-state index contributed by atoms with van der Waals surface area (Å²) in [4.78, 5) is 4.68. The van der Waals surface area contributed by atoms with Gasteiger partial charge in [-0.1, -0.05) is 34.6 Å². The lowest BCUT2D eigenvalue weighted by Crippen LogP contribution is -2.18. The van der Waals surface area contributed by atoms with E-state index in [0.717, 1.165) is 11.3 Å². The summed E-state index contributed by atoms with van der Waals surface area (Å²) in [6.07, 6.45) is 1.81. The van der Waals surface area contributed by atoms with Gasteiger partial charge in [0.15, 0.2) is 5.65 Å². The van der Waals surface area contributed by atoms with Crippen LogP contribution >= 0.6 is 0 Å². The van der Waals surface area contributed by atoms with Crippen molar-refractivity contribution < 1.29 is 0 Å². The summed E-state index contributed by atoms with van der Waals surface area (Å²) >= 11 is 0. The first-order valence-corrected chi connectivity index (χ1v) is 5.75. The second kappa shape index (κ2) is 3.58. The van der Waals surface area contributed by atoms with Gasteiger partial charge in [0.25, 0.3) is 0 Å². The summed E-state index contributed by atoms with van der Waals surface area (Å²) in [6, 6.07) is 3.94. The van der Waals surface area contributed by atoms with Gasteiger partial charge in [0.1, 0.15) is 0 Å². The second-order valence-corrected chi connectivity index (χ2v) is 5.54. The van der Waals surface area contributed by atoms with Crippen molar-refractivity contribution in [2.45, 2.75) is 46.0 Å². The van der Waals surface area contributed by atoms with Gasteiger partial charge < -0.3 is 0 Å². The molecule has 2 heterocycles. The van der Waals surface area contributed by atoms with Gasteiger partial charge in [0, 0.05) is 11.6 Å². The molecule has 0 radical (unpaired) electrons. The maximum atomic E-state index is 4.68. The van der Waals surface area contributed by atoms with Crippen LogP contribution < -0.4 is 0 Å². The smallest absolute Gasteiger partial charge is 0.154 e. The Balaban J connectivity index is 2.80. The third kappa shape index (κ3) is 1.70. The lowest BCUT2D eigenvalue weighted by molar-refractivity contribution is 0.537. The van der Waals surface area contributed by atoms with Crippen molar-refractivity contribution in [3.8, 4) is 0 Å². The topological polar surface area (TPSA) is 30.2 Å². The van der Waals surface area contributed by atoms with E-state index in [1.807, 2.05) is 22.8 Å². The monoisotopic (exact) mass is 217 g/mol. The van der Waals surface area contributed by atoms with E-state index >= 15 is 0 Å². The zero-order chi connectivity index (χ0) is 11.9. The molecule has 0 unspecified atom stereocenters. The van der Waals surface area contributed by atoms with Crippen molar-refractivity contribution in [2.24, 2.45) is 0 Å². The Labute approximate surface area is 96.5 Å². The molecule has 0 aliphatic rings. The average Bonchev–Trinajstić information content (AvgIpc) is 2.55. The second-order valence-electron chi connectivity index (χ2n) is 5.54. The van der Waals surface area contributed by atoms with E-state index in [-0.39, 0.29) is 5.41 Å². The van der Waals surface area contributed by atoms with Crippen LogP contribution in [0.5, 0.6) is 0 Å². The lowest BCUT2D eigenvalue weighted by Gasteiger charge is -2.20. The summed E-state index contributed by atoms with van der Waals surface area (Å²) in [7, 11) is 0. The molecule has 86 valence electrons. The molecule has 0 aliphatic carbocycles. The number of imidazole rings is 1. The highest BCUT2D eigenvalue weighted by Gasteiger charge is 2.26. The maximum absolute atomic E-state index is 4.68. The summed E-state index contributed by atoms with van der Waals surface area (Å²) in [6.45, 7) is 11.0. The number of hydrogen-bond donors (Lipinski definition) is 0. The highest BCUT2D eigenvalue weighted by atomic mass is 15.3. The minimum Gasteiger partial charge on any atom is -0.231 e. The standard InChI is InChI=1S/C13H19N3/c1-9(2)11-12(13(3,4)5)16-10(15-11)7-6-8-14-16/h6-9H,1-5H3. The number of aromatic nitrogens is 3. The van der Waals surface area contributed by atoms with Crippen LogP contribution in [0.25, 0.3) is 5.65 Å². The Morgan fingerprint density at radius 3 is 2.50 bits per heavy atom. The Hall–Kier alpha value is -1.38. The fourth-order valence-electron chi connectivity index (χ4n) is 2.01. The number of fused-ring (bicyclic) bond motifs is 1. The highest BCUT2D eigenvalue weighted by molar-refractivity contribution is 5.44. The van der Waals surface area contributed by atoms with Crippen LogP contribution in [0.2, 0.25) is 0 Å². The molecule has 2 aromatic heterocycles. The van der Waals surface area contributed by atoms with Crippen LogP contribution in [-0.4, -0.2) is 14.6 Å². The third-order valence-electron chi connectivity index (χ3n) is 2.68. The van der Waals surface area contributed by atoms with Crippen LogP contribution in [0.1, 0.15) is 51.9 Å². The van der Waals surface area contributed by atoms with E-state index in [1.54, 1.807) is 0 Å². The molecule has 3 heteroatoms. The van der Waals surface area contributed by atoms with Gasteiger partial charge in [-0.05, 0) is 18.1 Å². The molecule has 0 N–H and O–H groups in total. The van der Waals surface area contributed by atoms with Gasteiger partial charge in [-0.3, -0.25) is 0 Å². The number of rotatable bonds is 1. The van der Waals surface area contributed by atoms with Gasteiger partial charge in [0.05, 0.1) is 11.4 Å². The molecule has 3 nitrogen and oxygen atoms in total. The first-order chi connectivity index (χ1) is 7.41. The molecule has 0 fully saturated rings. The molecular weight excluding hydrogens is 198 g/mol. The molecule has 0 saturated heterocycles. The lowest BCUT2D eigenvalue weighted by atomic mass is 9.88. The van der Waals surface area contributed by atoms with E-state index in [2.05, 4.69) is 44.7 Å². The van der Waals surface area contributed by atoms with E-state index in [1.165, 1.54) is 5.69 Å². The van der Waals surface area contributed by atoms with Gasteiger partial charge >= 0.3 is 0 Å². The molecule has 0 spiro atoms. The van der Waals surface area contributed by atoms with Gasteiger partial charge in [0.2, 0.25) is 0 Å². The van der Waals surface area contributed by atoms with Crippen molar-refractivity contribution >= 4 is 5.65 Å². The maximum Gasteiger partial charge on any atom is 0.154 e. The largest absolute Gasteiger partial charge is 0.231 e. The number of hydrogen-bond acceptors (Lipinski definition) is 2. The van der Waals surface area contributed by atoms with E-state index < -0.39 is 0 Å². The van der Waals surface area contributed by atoms with Crippen LogP contribution in [-0.2, 0) is 5.41 Å². The number of nitrogens with zero attached hydrogens (tertiary/aromatic N) is 3. The summed E-state index contributed by atoms with van der Waals surface area (Å²) in [5, 5.41) is 4.40. The molecule has 0 aliphatic heterocycles. The molecule has 0 saturated carbocycles. The molecule has 2 rings (SSSR count). The van der Waals surface area contributed by atoms with Crippen molar-refractivity contribution in [1.29, 1.82) is 0 Å². The molecular formula is C13H19N3. The summed E-state index contributed by atoms with van der Waals surface area (Å²) < 4.78 is 1.97. The average molecular weight is 217 g/mol. The molecule has 16 heavy (non-hydrogen) atoms. The van der Waals surface area contributed by atoms with Gasteiger partial charge in [-0.15, -0.1) is 0 Å². The summed E-state index contributed by atoms with van der Waals surface area (Å²) in [5.74, 6) is 0.427. The Morgan fingerprint density at radius 2 is 1.94 bits per heavy atom. The van der Waals surface area contributed by atoms with Crippen molar-refractivity contribution in [2.75, 3.05) is 0 Å². The van der Waals surface area contributed by atoms with Crippen LogP contribution in [0.4, 0.5) is 0 Å². The van der Waals surface area contributed by atoms with Crippen LogP contribution in [0.3, 0.4) is 0 Å². The molecule has 0 bridgehead atoms. The molecule has 0 atom stereocenters. The van der Waals surface area contributed by atoms with Crippen molar-refractivity contribution in [1.82, 2.24) is 14.6 Å². The van der Waals surface area contributed by atoms with Crippen molar-refractivity contribution in [3.63, 3.8) is 0 Å². The van der Waals surface area contributed by atoms with Gasteiger partial charge in [-0.2, -0.15) is 5.10 Å². The third-order valence-corrected chi connectivity index (χ3v) is 2.68. The predicted molar refractivity (Wildman–Crippen MR) is 65.8 cm³/mol. The Kier molecular flexibility index (Phi) is 2.49. The fourth-order valence-corrected chi connectivity index (χ4v) is 2.01. The molecule has 0 amide bonds. The van der Waals surface area contributed by atoms with Crippen molar-refractivity contribution in [3.05, 3.63) is 29.7 Å². The van der Waals surface area contributed by atoms with E-state index in [4.69, 9.17) is 0 Å². The fraction of sp³-hybridized carbons (Fsp3) is 0.538. The van der Waals surface area contributed by atoms with E-state index in [0.29, 0.717) is 5.92 Å². The SMILES string of the molecule is CC(C)c1nc2cccnn2c1C(C)(C)C. The normalized spacial score (nSPS) is 12.6. The zero-order valence-corrected chi connectivity index (χ0v) is 10.7. The Morgan fingerprint density at radius 1 is 1.25 bits per heavy atom. The molecule has 2 aromatic rings. The Bertz CT molecular complexity index is 503. The predicted octanol–water partition coefficient (Wildman–Crippen LogP) is 3.15. The quantitative estimate of drug-likeness (QED) is 0.734. The minimum absolute atomic E-state index is 0.0629. The van der Waals surface area contributed by atoms with Crippen LogP contribution in [0, 0.1) is 0 Å². The zero-order valence-electron chi connectivity index (χ0n) is 10.7. The van der Waals surface area contributed by atoms with Crippen LogP contribution in [0.15, 0.2) is 18.3 Å².